The molecule has 1 heterocycles. The molecule has 24 heavy (non-hydrogen) atoms. The topological polar surface area (TPSA) is 32.8 Å². The van der Waals surface area contributed by atoms with E-state index in [1.807, 2.05) is 13.0 Å². The molecule has 0 aliphatic carbocycles. The summed E-state index contributed by atoms with van der Waals surface area (Å²) in [7, 11) is 2.16. The van der Waals surface area contributed by atoms with Crippen molar-refractivity contribution in [3.05, 3.63) is 35.4 Å². The van der Waals surface area contributed by atoms with Gasteiger partial charge in [0.1, 0.15) is 0 Å². The Bertz CT molecular complexity index is 594. The molecule has 0 aromatic heterocycles. The number of likely N-dealkylation sites (N-methyl/N-ethyl adjacent to an activating group) is 1. The van der Waals surface area contributed by atoms with Crippen LogP contribution >= 0.6 is 0 Å². The third-order valence-electron chi connectivity index (χ3n) is 4.43. The third-order valence-corrected chi connectivity index (χ3v) is 4.43. The first-order chi connectivity index (χ1) is 11.3. The summed E-state index contributed by atoms with van der Waals surface area (Å²) >= 11 is 0. The highest BCUT2D eigenvalue weighted by molar-refractivity contribution is 5.88. The molecule has 1 fully saturated rings. The fourth-order valence-corrected chi connectivity index (χ4v) is 2.82. The molecule has 0 unspecified atom stereocenters. The smallest absolute Gasteiger partial charge is 0.330 e. The summed E-state index contributed by atoms with van der Waals surface area (Å²) in [4.78, 5) is 16.4. The maximum absolute atomic E-state index is 11.6. The molecule has 0 amide bonds. The highest BCUT2D eigenvalue weighted by Gasteiger charge is 2.20. The van der Waals surface area contributed by atoms with Gasteiger partial charge in [-0.25, -0.2) is 4.79 Å². The van der Waals surface area contributed by atoms with Crippen LogP contribution in [-0.4, -0.2) is 50.7 Å². The monoisotopic (exact) mass is 330 g/mol. The van der Waals surface area contributed by atoms with Crippen molar-refractivity contribution in [3.63, 3.8) is 0 Å². The fourth-order valence-electron chi connectivity index (χ4n) is 2.82. The molecular formula is C20H30N2O2. The molecule has 1 aromatic carbocycles. The first kappa shape index (κ1) is 18.5. The van der Waals surface area contributed by atoms with Crippen LogP contribution in [0.5, 0.6) is 0 Å². The summed E-state index contributed by atoms with van der Waals surface area (Å²) in [5.74, 6) is -0.290. The first-order valence-electron chi connectivity index (χ1n) is 8.74. The summed E-state index contributed by atoms with van der Waals surface area (Å²) in [5, 5.41) is 0. The third kappa shape index (κ3) is 4.84. The Morgan fingerprint density at radius 3 is 2.46 bits per heavy atom. The van der Waals surface area contributed by atoms with Crippen molar-refractivity contribution in [2.45, 2.75) is 33.1 Å². The molecule has 0 saturated carbocycles. The van der Waals surface area contributed by atoms with E-state index in [4.69, 9.17) is 4.74 Å². The van der Waals surface area contributed by atoms with Gasteiger partial charge in [0, 0.05) is 37.9 Å². The Morgan fingerprint density at radius 1 is 1.21 bits per heavy atom. The molecule has 0 atom stereocenters. The van der Waals surface area contributed by atoms with E-state index in [1.54, 1.807) is 0 Å². The fraction of sp³-hybridized carbons (Fsp3) is 0.550. The van der Waals surface area contributed by atoms with Gasteiger partial charge in [-0.2, -0.15) is 0 Å². The van der Waals surface area contributed by atoms with Gasteiger partial charge >= 0.3 is 5.97 Å². The Kier molecular flexibility index (Phi) is 6.05. The van der Waals surface area contributed by atoms with Crippen molar-refractivity contribution >= 4 is 17.7 Å². The Hall–Kier alpha value is -1.81. The van der Waals surface area contributed by atoms with Gasteiger partial charge < -0.3 is 14.5 Å². The molecular weight excluding hydrogens is 300 g/mol. The van der Waals surface area contributed by atoms with Crippen molar-refractivity contribution in [2.24, 2.45) is 0 Å². The molecule has 132 valence electrons. The molecule has 1 aromatic rings. The molecule has 0 spiro atoms. The van der Waals surface area contributed by atoms with Crippen LogP contribution in [0, 0.1) is 0 Å². The standard InChI is InChI=1S/C20H30N2O2/c1-6-24-19(23)10-8-16-7-9-17(20(2,3)4)15-18(16)22-13-11-21(5)12-14-22/h7-10,15H,6,11-14H2,1-5H3. The number of carbonyl (C=O) groups is 1. The highest BCUT2D eigenvalue weighted by atomic mass is 16.5. The minimum absolute atomic E-state index is 0.102. The molecule has 1 saturated heterocycles. The SMILES string of the molecule is CCOC(=O)C=Cc1ccc(C(C)(C)C)cc1N1CCN(C)CC1. The van der Waals surface area contributed by atoms with E-state index >= 15 is 0 Å². The molecule has 0 radical (unpaired) electrons. The van der Waals surface area contributed by atoms with Crippen molar-refractivity contribution in [3.8, 4) is 0 Å². The van der Waals surface area contributed by atoms with E-state index in [2.05, 4.69) is 55.8 Å². The van der Waals surface area contributed by atoms with Crippen molar-refractivity contribution < 1.29 is 9.53 Å². The van der Waals surface area contributed by atoms with Gasteiger partial charge in [-0.1, -0.05) is 32.9 Å². The molecule has 4 nitrogen and oxygen atoms in total. The normalized spacial score (nSPS) is 16.6. The molecule has 4 heteroatoms. The van der Waals surface area contributed by atoms with Gasteiger partial charge in [-0.3, -0.25) is 0 Å². The number of benzene rings is 1. The molecule has 0 N–H and O–H groups in total. The zero-order valence-corrected chi connectivity index (χ0v) is 15.6. The van der Waals surface area contributed by atoms with E-state index in [1.165, 1.54) is 17.3 Å². The van der Waals surface area contributed by atoms with Crippen LogP contribution in [0.1, 0.15) is 38.8 Å². The van der Waals surface area contributed by atoms with E-state index in [0.29, 0.717) is 6.61 Å². The lowest BCUT2D eigenvalue weighted by Crippen LogP contribution is -2.44. The maximum atomic E-state index is 11.6. The van der Waals surface area contributed by atoms with Crippen LogP contribution in [0.25, 0.3) is 6.08 Å². The minimum Gasteiger partial charge on any atom is -0.463 e. The van der Waals surface area contributed by atoms with Crippen molar-refractivity contribution in [1.29, 1.82) is 0 Å². The number of rotatable bonds is 4. The second-order valence-corrected chi connectivity index (χ2v) is 7.40. The number of esters is 1. The number of piperazine rings is 1. The summed E-state index contributed by atoms with van der Waals surface area (Å²) in [6.07, 6.45) is 3.40. The number of ether oxygens (including phenoxy) is 1. The number of hydrogen-bond acceptors (Lipinski definition) is 4. The second kappa shape index (κ2) is 7.84. The Morgan fingerprint density at radius 2 is 1.88 bits per heavy atom. The van der Waals surface area contributed by atoms with Gasteiger partial charge in [0.05, 0.1) is 6.61 Å². The van der Waals surface area contributed by atoms with Gasteiger partial charge in [0.15, 0.2) is 0 Å². The molecule has 1 aliphatic heterocycles. The van der Waals surface area contributed by atoms with E-state index in [-0.39, 0.29) is 11.4 Å². The number of anilines is 1. The number of carbonyl (C=O) groups excluding carboxylic acids is 1. The lowest BCUT2D eigenvalue weighted by atomic mass is 9.86. The van der Waals surface area contributed by atoms with Crippen LogP contribution < -0.4 is 4.90 Å². The van der Waals surface area contributed by atoms with Crippen LogP contribution in [-0.2, 0) is 14.9 Å². The highest BCUT2D eigenvalue weighted by Crippen LogP contribution is 2.30. The van der Waals surface area contributed by atoms with Gasteiger partial charge in [-0.15, -0.1) is 0 Å². The zero-order valence-electron chi connectivity index (χ0n) is 15.6. The maximum Gasteiger partial charge on any atom is 0.330 e. The number of nitrogens with zero attached hydrogens (tertiary/aromatic N) is 2. The predicted molar refractivity (Wildman–Crippen MR) is 101 cm³/mol. The Labute approximate surface area is 146 Å². The number of hydrogen-bond donors (Lipinski definition) is 0. The summed E-state index contributed by atoms with van der Waals surface area (Å²) in [6, 6.07) is 6.55. The molecule has 1 aliphatic rings. The van der Waals surface area contributed by atoms with Gasteiger partial charge in [-0.05, 0) is 42.7 Å². The second-order valence-electron chi connectivity index (χ2n) is 7.40. The lowest BCUT2D eigenvalue weighted by molar-refractivity contribution is -0.137. The van der Waals surface area contributed by atoms with E-state index < -0.39 is 0 Å². The van der Waals surface area contributed by atoms with Crippen LogP contribution in [0.4, 0.5) is 5.69 Å². The van der Waals surface area contributed by atoms with Crippen LogP contribution in [0.15, 0.2) is 24.3 Å². The zero-order chi connectivity index (χ0) is 17.7. The van der Waals surface area contributed by atoms with Crippen molar-refractivity contribution in [1.82, 2.24) is 4.90 Å². The lowest BCUT2D eigenvalue weighted by Gasteiger charge is -2.35. The van der Waals surface area contributed by atoms with Gasteiger partial charge in [0.25, 0.3) is 0 Å². The minimum atomic E-state index is -0.290. The molecule has 2 rings (SSSR count). The van der Waals surface area contributed by atoms with Crippen LogP contribution in [0.3, 0.4) is 0 Å². The van der Waals surface area contributed by atoms with Crippen molar-refractivity contribution in [2.75, 3.05) is 44.7 Å². The van der Waals surface area contributed by atoms with E-state index in [0.717, 1.165) is 31.7 Å². The largest absolute Gasteiger partial charge is 0.463 e. The van der Waals surface area contributed by atoms with Gasteiger partial charge in [0.2, 0.25) is 0 Å². The quantitative estimate of drug-likeness (QED) is 0.626. The van der Waals surface area contributed by atoms with E-state index in [9.17, 15) is 4.79 Å². The average Bonchev–Trinajstić information content (AvgIpc) is 2.53. The summed E-state index contributed by atoms with van der Waals surface area (Å²) in [6.45, 7) is 13.0. The first-order valence-corrected chi connectivity index (χ1v) is 8.74. The summed E-state index contributed by atoms with van der Waals surface area (Å²) in [5.41, 5.74) is 3.69. The molecule has 0 bridgehead atoms. The average molecular weight is 330 g/mol. The Balaban J connectivity index is 2.33. The predicted octanol–water partition coefficient (Wildman–Crippen LogP) is 3.31. The summed E-state index contributed by atoms with van der Waals surface area (Å²) < 4.78 is 4.99. The van der Waals surface area contributed by atoms with Crippen LogP contribution in [0.2, 0.25) is 0 Å².